The summed E-state index contributed by atoms with van der Waals surface area (Å²) in [6.45, 7) is 3.92. The first-order chi connectivity index (χ1) is 17.0. The van der Waals surface area contributed by atoms with Gasteiger partial charge in [0.05, 0.1) is 0 Å². The molecule has 0 spiro atoms. The molecule has 0 aromatic heterocycles. The minimum Gasteiger partial charge on any atom is -0.429 e. The summed E-state index contributed by atoms with van der Waals surface area (Å²) in [5.74, 6) is 1.03. The zero-order valence-electron chi connectivity index (χ0n) is 20.2. The number of nitrogens with zero attached hydrogens (tertiary/aromatic N) is 1. The molecule has 4 N–H and O–H groups in total. The largest absolute Gasteiger partial charge is 0.491 e. The fourth-order valence-electron chi connectivity index (χ4n) is 4.78. The molecule has 196 valence electrons. The summed E-state index contributed by atoms with van der Waals surface area (Å²) in [6, 6.07) is 8.23. The van der Waals surface area contributed by atoms with Crippen LogP contribution in [0.3, 0.4) is 0 Å². The quantitative estimate of drug-likeness (QED) is 0.320. The fourth-order valence-corrected chi connectivity index (χ4v) is 4.78. The lowest BCUT2D eigenvalue weighted by molar-refractivity contribution is -0.202. The Morgan fingerprint density at radius 1 is 1.17 bits per heavy atom. The van der Waals surface area contributed by atoms with Crippen molar-refractivity contribution < 1.29 is 32.3 Å². The Bertz CT molecular complexity index is 1030. The van der Waals surface area contributed by atoms with Gasteiger partial charge in [0.2, 0.25) is 12.1 Å². The molecular formula is C25H31F3N4O4. The number of esters is 1. The predicted octanol–water partition coefficient (Wildman–Crippen LogP) is 2.67. The summed E-state index contributed by atoms with van der Waals surface area (Å²) >= 11 is 0. The molecule has 1 aromatic rings. The van der Waals surface area contributed by atoms with Gasteiger partial charge in [-0.2, -0.15) is 13.2 Å². The van der Waals surface area contributed by atoms with Gasteiger partial charge in [-0.05, 0) is 56.6 Å². The molecule has 1 heterocycles. The van der Waals surface area contributed by atoms with Gasteiger partial charge in [-0.1, -0.05) is 25.1 Å². The highest BCUT2D eigenvalue weighted by Crippen LogP contribution is 2.38. The van der Waals surface area contributed by atoms with Gasteiger partial charge < -0.3 is 20.3 Å². The third-order valence-electron chi connectivity index (χ3n) is 6.45. The van der Waals surface area contributed by atoms with Crippen molar-refractivity contribution in [3.8, 4) is 11.8 Å². The zero-order chi connectivity index (χ0) is 26.5. The van der Waals surface area contributed by atoms with Crippen molar-refractivity contribution in [2.24, 2.45) is 5.73 Å². The Hall–Kier alpha value is -3.10. The van der Waals surface area contributed by atoms with E-state index in [4.69, 9.17) is 5.73 Å². The van der Waals surface area contributed by atoms with Crippen LogP contribution in [0.5, 0.6) is 0 Å². The fraction of sp³-hybridized carbons (Fsp3) is 0.560. The highest BCUT2D eigenvalue weighted by molar-refractivity contribution is 5.95. The molecule has 3 rings (SSSR count). The molecule has 1 aromatic carbocycles. The second-order valence-corrected chi connectivity index (χ2v) is 9.10. The molecule has 0 saturated heterocycles. The predicted molar refractivity (Wildman–Crippen MR) is 126 cm³/mol. The van der Waals surface area contributed by atoms with Crippen molar-refractivity contribution in [3.05, 3.63) is 29.8 Å². The number of carbonyl (C=O) groups excluding carboxylic acids is 3. The molecule has 2 amide bonds. The molecule has 11 heteroatoms. The molecule has 2 aliphatic rings. The van der Waals surface area contributed by atoms with Crippen LogP contribution in [0.25, 0.3) is 0 Å². The number of halogens is 3. The van der Waals surface area contributed by atoms with E-state index in [9.17, 15) is 27.6 Å². The normalized spacial score (nSPS) is 24.6. The summed E-state index contributed by atoms with van der Waals surface area (Å²) in [4.78, 5) is 37.2. The Kier molecular flexibility index (Phi) is 8.98. The average Bonchev–Trinajstić information content (AvgIpc) is 2.83. The number of fused-ring (bicyclic) bond motifs is 1. The lowest BCUT2D eigenvalue weighted by Gasteiger charge is -2.41. The van der Waals surface area contributed by atoms with Gasteiger partial charge in [0.25, 0.3) is 5.91 Å². The van der Waals surface area contributed by atoms with E-state index in [0.29, 0.717) is 19.3 Å². The van der Waals surface area contributed by atoms with E-state index in [1.807, 2.05) is 35.9 Å². The second-order valence-electron chi connectivity index (χ2n) is 9.10. The van der Waals surface area contributed by atoms with Crippen LogP contribution in [0.1, 0.15) is 64.0 Å². The number of alkyl halides is 3. The first kappa shape index (κ1) is 27.5. The van der Waals surface area contributed by atoms with Crippen molar-refractivity contribution in [3.63, 3.8) is 0 Å². The van der Waals surface area contributed by atoms with E-state index in [2.05, 4.69) is 34.3 Å². The molecule has 1 aliphatic carbocycles. The zero-order valence-corrected chi connectivity index (χ0v) is 20.2. The molecule has 0 bridgehead atoms. The number of amides is 2. The number of hydrogen-bond donors (Lipinski definition) is 3. The van der Waals surface area contributed by atoms with E-state index in [0.717, 1.165) is 30.5 Å². The van der Waals surface area contributed by atoms with Crippen LogP contribution < -0.4 is 21.3 Å². The molecule has 36 heavy (non-hydrogen) atoms. The monoisotopic (exact) mass is 508 g/mol. The topological polar surface area (TPSA) is 114 Å². The Morgan fingerprint density at radius 3 is 2.44 bits per heavy atom. The van der Waals surface area contributed by atoms with Gasteiger partial charge in [0.15, 0.2) is 0 Å². The van der Waals surface area contributed by atoms with Gasteiger partial charge in [-0.25, -0.2) is 4.79 Å². The summed E-state index contributed by atoms with van der Waals surface area (Å²) in [7, 11) is 0. The van der Waals surface area contributed by atoms with Gasteiger partial charge in [0.1, 0.15) is 0 Å². The lowest BCUT2D eigenvalue weighted by Crippen LogP contribution is -2.48. The maximum absolute atomic E-state index is 12.5. The van der Waals surface area contributed by atoms with E-state index in [1.54, 1.807) is 0 Å². The standard InChI is InChI=1S/C25H31F3N4O4/c1-3-23(34)32-15(2)14-19(18-6-4-5-7-20(18)32)30-16-8-10-17(11-9-16)31-22(33)13-12-21(29)36-24(35)25(26,27)28/h4-7,15-17,19,21,30H,3,8-11,14,29H2,1-2H3,(H,31,33)/t15-,16?,17?,19+,21?/m0/s1. The van der Waals surface area contributed by atoms with Crippen molar-refractivity contribution in [1.29, 1.82) is 0 Å². The van der Waals surface area contributed by atoms with Gasteiger partial charge in [-0.3, -0.25) is 15.3 Å². The summed E-state index contributed by atoms with van der Waals surface area (Å²) in [6.07, 6.45) is -2.77. The number of para-hydroxylation sites is 1. The van der Waals surface area contributed by atoms with Crippen molar-refractivity contribution in [1.82, 2.24) is 10.6 Å². The molecule has 1 aliphatic heterocycles. The molecule has 3 atom stereocenters. The highest BCUT2D eigenvalue weighted by Gasteiger charge is 2.42. The molecule has 8 nitrogen and oxygen atoms in total. The number of nitrogens with one attached hydrogen (secondary N) is 2. The van der Waals surface area contributed by atoms with Crippen LogP contribution in [0.4, 0.5) is 18.9 Å². The van der Waals surface area contributed by atoms with Gasteiger partial charge in [-0.15, -0.1) is 0 Å². The van der Waals surface area contributed by atoms with E-state index >= 15 is 0 Å². The summed E-state index contributed by atoms with van der Waals surface area (Å²) < 4.78 is 40.5. The summed E-state index contributed by atoms with van der Waals surface area (Å²) in [5, 5.41) is 6.46. The minimum atomic E-state index is -5.18. The first-order valence-corrected chi connectivity index (χ1v) is 12.0. The molecule has 1 fully saturated rings. The average molecular weight is 509 g/mol. The maximum atomic E-state index is 12.5. The van der Waals surface area contributed by atoms with Crippen molar-refractivity contribution in [2.75, 3.05) is 4.90 Å². The van der Waals surface area contributed by atoms with Gasteiger partial charge in [0, 0.05) is 42.2 Å². The maximum Gasteiger partial charge on any atom is 0.491 e. The van der Waals surface area contributed by atoms with E-state index < -0.39 is 24.3 Å². The van der Waals surface area contributed by atoms with Crippen LogP contribution in [0.2, 0.25) is 0 Å². The lowest BCUT2D eigenvalue weighted by atomic mass is 9.87. The first-order valence-electron chi connectivity index (χ1n) is 12.0. The van der Waals surface area contributed by atoms with Crippen LogP contribution >= 0.6 is 0 Å². The van der Waals surface area contributed by atoms with Gasteiger partial charge >= 0.3 is 12.1 Å². The number of rotatable bonds is 5. The highest BCUT2D eigenvalue weighted by atomic mass is 19.4. The van der Waals surface area contributed by atoms with E-state index in [1.165, 1.54) is 0 Å². The SMILES string of the molecule is CCC(=O)N1c2ccccc2[C@H](NC2CCC(NC(=O)C#CC(N)OC(=O)C(F)(F)F)CC2)C[C@@H]1C. The number of ether oxygens (including phenoxy) is 1. The number of anilines is 1. The molecule has 1 unspecified atom stereocenters. The number of carbonyl (C=O) groups is 3. The molecule has 1 saturated carbocycles. The number of hydrogen-bond acceptors (Lipinski definition) is 6. The van der Waals surface area contributed by atoms with Crippen LogP contribution in [0.15, 0.2) is 24.3 Å². The van der Waals surface area contributed by atoms with E-state index in [-0.39, 0.29) is 30.1 Å². The molecule has 0 radical (unpaired) electrons. The Labute approximate surface area is 208 Å². The number of nitrogens with two attached hydrogens (primary N) is 1. The number of benzene rings is 1. The smallest absolute Gasteiger partial charge is 0.429 e. The van der Waals surface area contributed by atoms with Crippen LogP contribution in [0, 0.1) is 11.8 Å². The molecular weight excluding hydrogens is 477 g/mol. The summed E-state index contributed by atoms with van der Waals surface area (Å²) in [5.41, 5.74) is 7.26. The third-order valence-corrected chi connectivity index (χ3v) is 6.45. The van der Waals surface area contributed by atoms with Crippen molar-refractivity contribution >= 4 is 23.5 Å². The Morgan fingerprint density at radius 2 is 1.81 bits per heavy atom. The Balaban J connectivity index is 1.50. The van der Waals surface area contributed by atoms with Crippen LogP contribution in [-0.4, -0.2) is 48.3 Å². The third kappa shape index (κ3) is 6.98. The minimum absolute atomic E-state index is 0.0702. The van der Waals surface area contributed by atoms with Crippen molar-refractivity contribution in [2.45, 2.75) is 88.9 Å². The van der Waals surface area contributed by atoms with Crippen LogP contribution in [-0.2, 0) is 19.1 Å². The second kappa shape index (κ2) is 11.8.